The van der Waals surface area contributed by atoms with Crippen molar-refractivity contribution in [1.29, 1.82) is 0 Å². The van der Waals surface area contributed by atoms with Gasteiger partial charge in [0, 0.05) is 49.2 Å². The number of pyridine rings is 2. The van der Waals surface area contributed by atoms with Crippen molar-refractivity contribution in [3.05, 3.63) is 114 Å². The maximum atomic E-state index is 14.0. The second-order valence-electron chi connectivity index (χ2n) is 11.0. The van der Waals surface area contributed by atoms with E-state index in [0.29, 0.717) is 12.2 Å². The van der Waals surface area contributed by atoms with E-state index in [1.165, 1.54) is 33.0 Å². The number of benzene rings is 2. The van der Waals surface area contributed by atoms with Crippen LogP contribution in [0.1, 0.15) is 61.6 Å². The molecular weight excluding hydrogens is 536 g/mol. The molecule has 3 aromatic heterocycles. The number of halogens is 1. The lowest BCUT2D eigenvalue weighted by Gasteiger charge is -2.24. The molecule has 0 aliphatic carbocycles. The largest absolute Gasteiger partial charge is 0.384 e. The first-order valence-electron chi connectivity index (χ1n) is 13.5. The van der Waals surface area contributed by atoms with E-state index in [1.807, 2.05) is 66.1 Å². The van der Waals surface area contributed by atoms with E-state index in [-0.39, 0.29) is 21.9 Å². The zero-order chi connectivity index (χ0) is 28.4. The maximum absolute atomic E-state index is 14.0. The van der Waals surface area contributed by atoms with Crippen LogP contribution < -0.4 is 5.73 Å². The summed E-state index contributed by atoms with van der Waals surface area (Å²) in [5.41, 5.74) is 11.4. The van der Waals surface area contributed by atoms with Crippen molar-refractivity contribution in [2.24, 2.45) is 0 Å². The molecule has 40 heavy (non-hydrogen) atoms. The minimum atomic E-state index is -0.244. The molecule has 0 aliphatic rings. The van der Waals surface area contributed by atoms with Crippen molar-refractivity contribution in [2.75, 3.05) is 5.73 Å². The second kappa shape index (κ2) is 11.7. The van der Waals surface area contributed by atoms with Gasteiger partial charge in [0.1, 0.15) is 11.6 Å². The van der Waals surface area contributed by atoms with Crippen molar-refractivity contribution >= 4 is 40.2 Å². The van der Waals surface area contributed by atoms with Crippen LogP contribution in [0.3, 0.4) is 0 Å². The zero-order valence-electron chi connectivity index (χ0n) is 23.6. The first-order valence-corrected chi connectivity index (χ1v) is 15.2. The number of rotatable bonds is 8. The summed E-state index contributed by atoms with van der Waals surface area (Å²) in [5.74, 6) is 0.253. The first-order chi connectivity index (χ1) is 19.1. The van der Waals surface area contributed by atoms with E-state index in [4.69, 9.17) is 5.73 Å². The van der Waals surface area contributed by atoms with Gasteiger partial charge in [-0.05, 0) is 74.0 Å². The molecule has 0 bridgehead atoms. The Hall–Kier alpha value is -3.29. The standard InChI is InChI=1S/C33H35FN4S2/c1-21-32(40-33(3,4)5)27-20-26(39-22(2)28-10-6-7-18-36-28)16-17-29(27)38(21)30(23-12-14-24(34)15-13-23)19-25-9-8-11-31(35)37-25/h6-18,20,22,30H,19H2,1-5H3,(H2,35,37). The molecule has 2 unspecified atom stereocenters. The van der Waals surface area contributed by atoms with E-state index >= 15 is 0 Å². The molecule has 206 valence electrons. The maximum Gasteiger partial charge on any atom is 0.123 e. The van der Waals surface area contributed by atoms with Crippen LogP contribution in [-0.4, -0.2) is 19.3 Å². The monoisotopic (exact) mass is 570 g/mol. The zero-order valence-corrected chi connectivity index (χ0v) is 25.2. The van der Waals surface area contributed by atoms with Crippen molar-refractivity contribution < 1.29 is 4.39 Å². The van der Waals surface area contributed by atoms with E-state index in [1.54, 1.807) is 6.07 Å². The Bertz CT molecular complexity index is 1610. The van der Waals surface area contributed by atoms with Crippen LogP contribution in [0.25, 0.3) is 10.9 Å². The molecule has 0 radical (unpaired) electrons. The van der Waals surface area contributed by atoms with Gasteiger partial charge in [0.05, 0.1) is 17.3 Å². The van der Waals surface area contributed by atoms with E-state index in [9.17, 15) is 4.39 Å². The average Bonchev–Trinajstić information content (AvgIpc) is 3.17. The van der Waals surface area contributed by atoms with Gasteiger partial charge in [-0.3, -0.25) is 4.98 Å². The molecule has 3 heterocycles. The summed E-state index contributed by atoms with van der Waals surface area (Å²) in [6.07, 6.45) is 2.48. The lowest BCUT2D eigenvalue weighted by atomic mass is 10.0. The third kappa shape index (κ3) is 6.37. The Morgan fingerprint density at radius 3 is 2.42 bits per heavy atom. The van der Waals surface area contributed by atoms with Gasteiger partial charge in [-0.25, -0.2) is 9.37 Å². The number of nitrogen functional groups attached to an aromatic ring is 1. The van der Waals surface area contributed by atoms with E-state index in [2.05, 4.69) is 73.4 Å². The van der Waals surface area contributed by atoms with Crippen molar-refractivity contribution in [2.45, 2.75) is 66.9 Å². The van der Waals surface area contributed by atoms with Crippen LogP contribution in [0.15, 0.2) is 94.9 Å². The number of nitrogens with zero attached hydrogens (tertiary/aromatic N) is 3. The SMILES string of the molecule is Cc1c(SC(C)(C)C)c2cc(SC(C)c3ccccn3)ccc2n1C(Cc1cccc(N)n1)c1ccc(F)cc1. The highest BCUT2D eigenvalue weighted by atomic mass is 32.2. The summed E-state index contributed by atoms with van der Waals surface area (Å²) < 4.78 is 16.4. The number of fused-ring (bicyclic) bond motifs is 1. The molecule has 0 saturated carbocycles. The Morgan fingerprint density at radius 1 is 0.975 bits per heavy atom. The summed E-state index contributed by atoms with van der Waals surface area (Å²) in [5, 5.41) is 1.45. The number of aromatic nitrogens is 3. The lowest BCUT2D eigenvalue weighted by molar-refractivity contribution is 0.573. The third-order valence-electron chi connectivity index (χ3n) is 6.78. The highest BCUT2D eigenvalue weighted by Gasteiger charge is 2.26. The van der Waals surface area contributed by atoms with Crippen LogP contribution in [0, 0.1) is 12.7 Å². The molecule has 2 aromatic carbocycles. The summed E-state index contributed by atoms with van der Waals surface area (Å²) in [6, 6.07) is 25.3. The van der Waals surface area contributed by atoms with Gasteiger partial charge < -0.3 is 10.3 Å². The predicted octanol–water partition coefficient (Wildman–Crippen LogP) is 9.04. The minimum Gasteiger partial charge on any atom is -0.384 e. The highest BCUT2D eigenvalue weighted by molar-refractivity contribution is 8.01. The Balaban J connectivity index is 1.65. The van der Waals surface area contributed by atoms with Gasteiger partial charge in [0.2, 0.25) is 0 Å². The molecule has 0 amide bonds. The fraction of sp³-hybridized carbons (Fsp3) is 0.273. The van der Waals surface area contributed by atoms with Crippen molar-refractivity contribution in [3.8, 4) is 0 Å². The van der Waals surface area contributed by atoms with Gasteiger partial charge in [0.25, 0.3) is 0 Å². The smallest absolute Gasteiger partial charge is 0.123 e. The molecule has 0 spiro atoms. The topological polar surface area (TPSA) is 56.7 Å². The predicted molar refractivity (Wildman–Crippen MR) is 168 cm³/mol. The summed E-state index contributed by atoms with van der Waals surface area (Å²) in [4.78, 5) is 11.6. The molecule has 5 rings (SSSR count). The molecular formula is C33H35FN4S2. The highest BCUT2D eigenvalue weighted by Crippen LogP contribution is 2.45. The fourth-order valence-corrected chi connectivity index (χ4v) is 7.17. The summed E-state index contributed by atoms with van der Waals surface area (Å²) in [7, 11) is 0. The van der Waals surface area contributed by atoms with E-state index in [0.717, 1.165) is 22.5 Å². The second-order valence-corrected chi connectivity index (χ2v) is 14.3. The number of hydrogen-bond acceptors (Lipinski definition) is 5. The number of thioether (sulfide) groups is 2. The molecule has 4 nitrogen and oxygen atoms in total. The third-order valence-corrected chi connectivity index (χ3v) is 9.24. The van der Waals surface area contributed by atoms with Crippen LogP contribution in [0.5, 0.6) is 0 Å². The van der Waals surface area contributed by atoms with Gasteiger partial charge in [-0.2, -0.15) is 0 Å². The molecule has 5 aromatic rings. The van der Waals surface area contributed by atoms with Gasteiger partial charge in [-0.15, -0.1) is 23.5 Å². The summed E-state index contributed by atoms with van der Waals surface area (Å²) in [6.45, 7) is 11.1. The quantitative estimate of drug-likeness (QED) is 0.189. The number of nitrogens with two attached hydrogens (primary N) is 1. The first kappa shape index (κ1) is 28.2. The molecule has 0 fully saturated rings. The Kier molecular flexibility index (Phi) is 8.24. The Morgan fingerprint density at radius 2 is 1.75 bits per heavy atom. The molecule has 2 N–H and O–H groups in total. The fourth-order valence-electron chi connectivity index (χ4n) is 5.04. The van der Waals surface area contributed by atoms with Crippen LogP contribution in [0.4, 0.5) is 10.2 Å². The van der Waals surface area contributed by atoms with Gasteiger partial charge in [-0.1, -0.05) is 45.0 Å². The molecule has 0 aliphatic heterocycles. The lowest BCUT2D eigenvalue weighted by Crippen LogP contribution is -2.16. The average molecular weight is 571 g/mol. The number of hydrogen-bond donors (Lipinski definition) is 1. The van der Waals surface area contributed by atoms with Gasteiger partial charge >= 0.3 is 0 Å². The number of anilines is 1. The molecule has 0 saturated heterocycles. The van der Waals surface area contributed by atoms with Crippen LogP contribution in [-0.2, 0) is 6.42 Å². The van der Waals surface area contributed by atoms with Crippen molar-refractivity contribution in [1.82, 2.24) is 14.5 Å². The molecule has 2 atom stereocenters. The minimum absolute atomic E-state index is 0.0229. The van der Waals surface area contributed by atoms with E-state index < -0.39 is 0 Å². The van der Waals surface area contributed by atoms with Gasteiger partial charge in [0.15, 0.2) is 0 Å². The Labute approximate surface area is 244 Å². The van der Waals surface area contributed by atoms with Crippen LogP contribution >= 0.6 is 23.5 Å². The normalized spacial score (nSPS) is 13.4. The molecule has 7 heteroatoms. The summed E-state index contributed by atoms with van der Waals surface area (Å²) >= 11 is 3.70. The van der Waals surface area contributed by atoms with Crippen LogP contribution in [0.2, 0.25) is 0 Å². The van der Waals surface area contributed by atoms with Crippen molar-refractivity contribution in [3.63, 3.8) is 0 Å².